The van der Waals surface area contributed by atoms with Gasteiger partial charge in [0.1, 0.15) is 17.6 Å². The number of fused-ring (bicyclic) bond motifs is 4. The van der Waals surface area contributed by atoms with E-state index in [9.17, 15) is 24.0 Å². The largest absolute Gasteiger partial charge is 0.345 e. The molecule has 4 amide bonds. The molecule has 3 aliphatic heterocycles. The van der Waals surface area contributed by atoms with E-state index in [1.165, 1.54) is 0 Å². The van der Waals surface area contributed by atoms with Crippen molar-refractivity contribution >= 4 is 23.6 Å². The lowest BCUT2D eigenvalue weighted by Gasteiger charge is -2.51. The van der Waals surface area contributed by atoms with Gasteiger partial charge >= 0.3 is 0 Å². The molecule has 2 N–H and O–H groups in total. The normalized spacial score (nSPS) is 26.5. The molecule has 0 radical (unpaired) electrons. The number of piperidine rings is 2. The smallest absolute Gasteiger partial charge is 0.263 e. The van der Waals surface area contributed by atoms with Crippen LogP contribution in [0.2, 0.25) is 0 Å². The number of amides is 4. The van der Waals surface area contributed by atoms with E-state index in [1.807, 2.05) is 49.1 Å². The molecule has 3 saturated heterocycles. The molecule has 10 nitrogen and oxygen atoms in total. The summed E-state index contributed by atoms with van der Waals surface area (Å²) in [6, 6.07) is 9.59. The van der Waals surface area contributed by atoms with Gasteiger partial charge in [-0.15, -0.1) is 0 Å². The molecule has 0 aliphatic carbocycles. The summed E-state index contributed by atoms with van der Waals surface area (Å²) in [5.41, 5.74) is 2.66. The van der Waals surface area contributed by atoms with Gasteiger partial charge in [0.05, 0.1) is 0 Å². The average Bonchev–Trinajstić information content (AvgIpc) is 2.99. The number of nitrogens with zero attached hydrogens (tertiary/aromatic N) is 3. The van der Waals surface area contributed by atoms with Crippen molar-refractivity contribution in [2.75, 3.05) is 19.6 Å². The van der Waals surface area contributed by atoms with Crippen molar-refractivity contribution in [1.82, 2.24) is 25.0 Å². The van der Waals surface area contributed by atoms with Crippen LogP contribution >= 0.6 is 0 Å². The van der Waals surface area contributed by atoms with Crippen LogP contribution in [-0.4, -0.2) is 75.8 Å². The fraction of sp³-hybridized carbons (Fsp3) is 0.545. The van der Waals surface area contributed by atoms with Crippen LogP contribution in [0.5, 0.6) is 0 Å². The van der Waals surface area contributed by atoms with Gasteiger partial charge in [-0.2, -0.15) is 0 Å². The van der Waals surface area contributed by atoms with Crippen molar-refractivity contribution in [1.29, 1.82) is 0 Å². The second-order valence-corrected chi connectivity index (χ2v) is 12.5. The van der Waals surface area contributed by atoms with Crippen molar-refractivity contribution in [2.24, 2.45) is 18.9 Å². The van der Waals surface area contributed by atoms with E-state index in [4.69, 9.17) is 0 Å². The molecule has 10 heteroatoms. The van der Waals surface area contributed by atoms with E-state index in [2.05, 4.69) is 10.6 Å². The van der Waals surface area contributed by atoms with E-state index in [0.717, 1.165) is 23.2 Å². The van der Waals surface area contributed by atoms with Crippen LogP contribution in [0.1, 0.15) is 66.7 Å². The van der Waals surface area contributed by atoms with E-state index in [1.54, 1.807) is 29.5 Å². The van der Waals surface area contributed by atoms with Gasteiger partial charge in [-0.25, -0.2) is 0 Å². The van der Waals surface area contributed by atoms with Gasteiger partial charge in [0.25, 0.3) is 11.5 Å². The lowest BCUT2D eigenvalue weighted by Crippen LogP contribution is -2.64. The van der Waals surface area contributed by atoms with Gasteiger partial charge in [-0.3, -0.25) is 24.0 Å². The predicted octanol–water partition coefficient (Wildman–Crippen LogP) is 1.96. The summed E-state index contributed by atoms with van der Waals surface area (Å²) in [5.74, 6) is -0.937. The third-order valence-corrected chi connectivity index (χ3v) is 9.43. The van der Waals surface area contributed by atoms with Crippen LogP contribution in [0.4, 0.5) is 0 Å². The van der Waals surface area contributed by atoms with Gasteiger partial charge in [0, 0.05) is 51.3 Å². The Kier molecular flexibility index (Phi) is 9.03. The Labute approximate surface area is 252 Å². The zero-order valence-electron chi connectivity index (χ0n) is 25.6. The topological polar surface area (TPSA) is 121 Å². The number of aromatic nitrogens is 1. The molecule has 5 rings (SSSR count). The number of aryl methyl sites for hydroxylation is 1. The minimum absolute atomic E-state index is 0.00161. The fourth-order valence-corrected chi connectivity index (χ4v) is 7.30. The fourth-order valence-electron chi connectivity index (χ4n) is 7.30. The minimum atomic E-state index is -0.782. The first-order valence-electron chi connectivity index (χ1n) is 15.5. The number of hydrogen-bond donors (Lipinski definition) is 2. The first-order valence-corrected chi connectivity index (χ1v) is 15.5. The van der Waals surface area contributed by atoms with Crippen LogP contribution < -0.4 is 16.2 Å². The van der Waals surface area contributed by atoms with Gasteiger partial charge in [0.15, 0.2) is 0 Å². The predicted molar refractivity (Wildman–Crippen MR) is 162 cm³/mol. The Bertz CT molecular complexity index is 1450. The Morgan fingerprint density at radius 3 is 2.49 bits per heavy atom. The maximum Gasteiger partial charge on any atom is 0.263 e. The molecule has 1 aromatic carbocycles. The summed E-state index contributed by atoms with van der Waals surface area (Å²) in [6.07, 6.45) is 3.33. The molecule has 2 aromatic rings. The lowest BCUT2D eigenvalue weighted by atomic mass is 9.77. The molecule has 0 saturated carbocycles. The van der Waals surface area contributed by atoms with E-state index < -0.39 is 12.1 Å². The van der Waals surface area contributed by atoms with Crippen LogP contribution in [-0.2, 0) is 34.3 Å². The summed E-state index contributed by atoms with van der Waals surface area (Å²) in [6.45, 7) is 6.89. The second-order valence-electron chi connectivity index (χ2n) is 12.5. The number of likely N-dealkylation sites (tertiary alicyclic amines) is 1. The summed E-state index contributed by atoms with van der Waals surface area (Å²) in [5, 5.41) is 5.69. The van der Waals surface area contributed by atoms with Crippen molar-refractivity contribution in [3.63, 3.8) is 0 Å². The third-order valence-electron chi connectivity index (χ3n) is 9.43. The summed E-state index contributed by atoms with van der Waals surface area (Å²) in [4.78, 5) is 70.6. The molecule has 0 spiro atoms. The number of pyridine rings is 1. The maximum atomic E-state index is 14.3. The number of carbonyl (C=O) groups is 4. The molecular weight excluding hydrogens is 546 g/mol. The number of hydrogen-bond acceptors (Lipinski definition) is 5. The molecule has 3 fully saturated rings. The average molecular weight is 590 g/mol. The zero-order valence-corrected chi connectivity index (χ0v) is 25.6. The molecule has 5 atom stereocenters. The van der Waals surface area contributed by atoms with Crippen molar-refractivity contribution in [2.45, 2.75) is 77.4 Å². The SMILES string of the molecule is CCc1c(C)cc(C(=O)N2C[C@@H]3C[C@H](C2)[C@@H]2CCCC(=O)N[C@H](C)C(=O)N[C@@H](Cc4ccccc4)C(=O)N2C3)c(=O)n1C. The molecule has 1 aromatic heterocycles. The molecule has 0 unspecified atom stereocenters. The summed E-state index contributed by atoms with van der Waals surface area (Å²) < 4.78 is 1.58. The Morgan fingerprint density at radius 1 is 1.02 bits per heavy atom. The second kappa shape index (κ2) is 12.7. The highest BCUT2D eigenvalue weighted by Crippen LogP contribution is 2.36. The monoisotopic (exact) mass is 589 g/mol. The maximum absolute atomic E-state index is 14.3. The van der Waals surface area contributed by atoms with Crippen LogP contribution in [0.25, 0.3) is 0 Å². The zero-order chi connectivity index (χ0) is 30.8. The van der Waals surface area contributed by atoms with Gasteiger partial charge in [0.2, 0.25) is 17.7 Å². The minimum Gasteiger partial charge on any atom is -0.345 e. The number of carbonyl (C=O) groups excluding carboxylic acids is 4. The number of benzene rings is 1. The summed E-state index contributed by atoms with van der Waals surface area (Å²) >= 11 is 0. The van der Waals surface area contributed by atoms with E-state index >= 15 is 0 Å². The van der Waals surface area contributed by atoms with Crippen molar-refractivity contribution in [3.05, 3.63) is 69.1 Å². The molecule has 2 bridgehead atoms. The van der Waals surface area contributed by atoms with Crippen LogP contribution in [0, 0.1) is 18.8 Å². The molecular formula is C33H43N5O5. The summed E-state index contributed by atoms with van der Waals surface area (Å²) in [7, 11) is 1.71. The number of nitrogens with one attached hydrogen (secondary N) is 2. The van der Waals surface area contributed by atoms with Crippen molar-refractivity contribution in [3.8, 4) is 0 Å². The number of rotatable bonds is 4. The lowest BCUT2D eigenvalue weighted by molar-refractivity contribution is -0.145. The molecule has 4 heterocycles. The standard InChI is InChI=1S/C33H43N5O5/c1-5-27-20(2)14-25(31(41)36(27)4)32(42)37-17-23-15-24(19-37)28-12-9-13-29(39)34-21(3)30(40)35-26(33(43)38(28)18-23)16-22-10-7-6-8-11-22/h6-8,10-11,14,21,23-24,26,28H,5,9,12-13,15-19H2,1-4H3,(H,34,39)(H,35,40)/t21-,23+,24-,26+,28+/m1/s1. The highest BCUT2D eigenvalue weighted by atomic mass is 16.2. The molecule has 3 aliphatic rings. The van der Waals surface area contributed by atoms with Crippen molar-refractivity contribution < 1.29 is 19.2 Å². The highest BCUT2D eigenvalue weighted by molar-refractivity contribution is 5.94. The quantitative estimate of drug-likeness (QED) is 0.565. The third kappa shape index (κ3) is 6.38. The first-order chi connectivity index (χ1) is 20.6. The van der Waals surface area contributed by atoms with E-state index in [-0.39, 0.29) is 59.0 Å². The van der Waals surface area contributed by atoms with Crippen LogP contribution in [0.3, 0.4) is 0 Å². The Hall–Kier alpha value is -3.95. The Morgan fingerprint density at radius 2 is 1.77 bits per heavy atom. The Balaban J connectivity index is 1.43. The molecule has 43 heavy (non-hydrogen) atoms. The highest BCUT2D eigenvalue weighted by Gasteiger charge is 2.45. The van der Waals surface area contributed by atoms with Gasteiger partial charge in [-0.05, 0) is 68.6 Å². The first kappa shape index (κ1) is 30.5. The van der Waals surface area contributed by atoms with E-state index in [0.29, 0.717) is 45.3 Å². The van der Waals surface area contributed by atoms with Crippen LogP contribution in [0.15, 0.2) is 41.2 Å². The van der Waals surface area contributed by atoms with Gasteiger partial charge < -0.3 is 25.0 Å². The molecule has 230 valence electrons. The van der Waals surface area contributed by atoms with Gasteiger partial charge in [-0.1, -0.05) is 37.3 Å².